The summed E-state index contributed by atoms with van der Waals surface area (Å²) >= 11 is 0. The zero-order chi connectivity index (χ0) is 15.4. The van der Waals surface area contributed by atoms with Gasteiger partial charge in [-0.1, -0.05) is 30.3 Å². The molecule has 1 amide bonds. The summed E-state index contributed by atoms with van der Waals surface area (Å²) < 4.78 is 7.06. The number of rotatable bonds is 6. The van der Waals surface area contributed by atoms with Crippen LogP contribution in [0.15, 0.2) is 36.4 Å². The lowest BCUT2D eigenvalue weighted by atomic mass is 10.0. The van der Waals surface area contributed by atoms with Crippen molar-refractivity contribution in [1.82, 2.24) is 4.57 Å². The van der Waals surface area contributed by atoms with E-state index >= 15 is 0 Å². The fourth-order valence-corrected chi connectivity index (χ4v) is 2.23. The van der Waals surface area contributed by atoms with Gasteiger partial charge in [0.15, 0.2) is 0 Å². The molecule has 0 aliphatic heterocycles. The molecule has 0 aliphatic rings. The van der Waals surface area contributed by atoms with Gasteiger partial charge in [-0.05, 0) is 25.5 Å². The number of hydrogen-bond acceptors (Lipinski definition) is 3. The van der Waals surface area contributed by atoms with Gasteiger partial charge in [-0.2, -0.15) is 0 Å². The maximum absolute atomic E-state index is 12.2. The van der Waals surface area contributed by atoms with Crippen molar-refractivity contribution in [2.24, 2.45) is 5.73 Å². The molecule has 0 aliphatic carbocycles. The predicted molar refractivity (Wildman–Crippen MR) is 79.8 cm³/mol. The fraction of sp³-hybridized carbons (Fsp3) is 0.250. The second-order valence-electron chi connectivity index (χ2n) is 4.66. The molecule has 0 saturated heterocycles. The van der Waals surface area contributed by atoms with Crippen LogP contribution in [0.25, 0.3) is 11.1 Å². The minimum Gasteiger partial charge on any atom is -0.363 e. The Morgan fingerprint density at radius 2 is 1.90 bits per heavy atom. The zero-order valence-corrected chi connectivity index (χ0v) is 12.1. The quantitative estimate of drug-likeness (QED) is 0.653. The summed E-state index contributed by atoms with van der Waals surface area (Å²) in [6, 6.07) is 11.3. The second kappa shape index (κ2) is 6.37. The number of Topliss-reactive ketones (excluding diaryl/α,β-unsaturated/α-hetero) is 1. The highest BCUT2D eigenvalue weighted by atomic mass is 16.5. The molecule has 0 radical (unpaired) electrons. The van der Waals surface area contributed by atoms with Gasteiger partial charge in [-0.15, -0.1) is 0 Å². The van der Waals surface area contributed by atoms with Crippen molar-refractivity contribution >= 4 is 11.7 Å². The lowest BCUT2D eigenvalue weighted by Crippen LogP contribution is -2.26. The topological polar surface area (TPSA) is 74.3 Å². The molecule has 2 N–H and O–H groups in total. The molecule has 0 saturated carbocycles. The molecule has 5 heteroatoms. The highest BCUT2D eigenvalue weighted by Gasteiger charge is 2.24. The number of aryl methyl sites for hydroxylation is 1. The summed E-state index contributed by atoms with van der Waals surface area (Å²) in [6.07, 6.45) is 0. The first-order chi connectivity index (χ1) is 10.1. The molecule has 0 unspecified atom stereocenters. The van der Waals surface area contributed by atoms with E-state index in [-0.39, 0.29) is 12.4 Å². The molecule has 2 rings (SSSR count). The number of aromatic nitrogens is 1. The molecule has 21 heavy (non-hydrogen) atoms. The molecule has 0 bridgehead atoms. The van der Waals surface area contributed by atoms with Crippen LogP contribution in [-0.2, 0) is 16.3 Å². The number of amides is 1. The van der Waals surface area contributed by atoms with Crippen LogP contribution in [0.5, 0.6) is 0 Å². The highest BCUT2D eigenvalue weighted by molar-refractivity contribution is 6.43. The van der Waals surface area contributed by atoms with E-state index in [0.717, 1.165) is 11.3 Å². The Hall–Kier alpha value is -2.40. The largest absolute Gasteiger partial charge is 0.363 e. The highest BCUT2D eigenvalue weighted by Crippen LogP contribution is 2.28. The van der Waals surface area contributed by atoms with Crippen molar-refractivity contribution in [2.45, 2.75) is 20.6 Å². The predicted octanol–water partition coefficient (Wildman–Crippen LogP) is 2.13. The molecule has 110 valence electrons. The van der Waals surface area contributed by atoms with Gasteiger partial charge in [0.25, 0.3) is 11.7 Å². The minimum absolute atomic E-state index is 0.212. The SMILES string of the molecule is CCOCn1c(C)cc(-c2ccccc2)c1C(=O)C(N)=O. The van der Waals surface area contributed by atoms with Crippen LogP contribution in [0.3, 0.4) is 0 Å². The summed E-state index contributed by atoms with van der Waals surface area (Å²) in [6.45, 7) is 4.46. The molecule has 1 aromatic carbocycles. The van der Waals surface area contributed by atoms with Crippen molar-refractivity contribution in [1.29, 1.82) is 0 Å². The molecule has 0 spiro atoms. The third kappa shape index (κ3) is 3.03. The number of ether oxygens (including phenoxy) is 1. The first kappa shape index (κ1) is 15.0. The van der Waals surface area contributed by atoms with Crippen LogP contribution in [-0.4, -0.2) is 22.9 Å². The molecule has 5 nitrogen and oxygen atoms in total. The lowest BCUT2D eigenvalue weighted by Gasteiger charge is -2.11. The van der Waals surface area contributed by atoms with Gasteiger partial charge in [0.1, 0.15) is 12.4 Å². The van der Waals surface area contributed by atoms with E-state index in [1.54, 1.807) is 4.57 Å². The summed E-state index contributed by atoms with van der Waals surface area (Å²) in [5.74, 6) is -1.68. The summed E-state index contributed by atoms with van der Waals surface area (Å²) in [5, 5.41) is 0. The monoisotopic (exact) mass is 286 g/mol. The molecule has 0 atom stereocenters. The zero-order valence-electron chi connectivity index (χ0n) is 12.1. The molecular weight excluding hydrogens is 268 g/mol. The van der Waals surface area contributed by atoms with E-state index in [0.29, 0.717) is 12.2 Å². The van der Waals surface area contributed by atoms with Crippen molar-refractivity contribution < 1.29 is 14.3 Å². The van der Waals surface area contributed by atoms with Crippen LogP contribution in [0, 0.1) is 6.92 Å². The van der Waals surface area contributed by atoms with Crippen LogP contribution in [0.1, 0.15) is 23.1 Å². The molecule has 1 aromatic heterocycles. The van der Waals surface area contributed by atoms with Gasteiger partial charge in [0, 0.05) is 17.9 Å². The van der Waals surface area contributed by atoms with Crippen LogP contribution < -0.4 is 5.73 Å². The van der Waals surface area contributed by atoms with Crippen LogP contribution >= 0.6 is 0 Å². The maximum atomic E-state index is 12.2. The van der Waals surface area contributed by atoms with Gasteiger partial charge < -0.3 is 15.0 Å². The van der Waals surface area contributed by atoms with Crippen molar-refractivity contribution in [3.8, 4) is 11.1 Å². The van der Waals surface area contributed by atoms with Gasteiger partial charge in [0.2, 0.25) is 0 Å². The van der Waals surface area contributed by atoms with Crippen molar-refractivity contribution in [3.63, 3.8) is 0 Å². The Bertz CT molecular complexity index is 660. The van der Waals surface area contributed by atoms with E-state index in [9.17, 15) is 9.59 Å². The van der Waals surface area contributed by atoms with E-state index in [1.807, 2.05) is 50.2 Å². The Balaban J connectivity index is 2.60. The summed E-state index contributed by atoms with van der Waals surface area (Å²) in [5.41, 5.74) is 7.85. The third-order valence-corrected chi connectivity index (χ3v) is 3.25. The number of nitrogens with zero attached hydrogens (tertiary/aromatic N) is 1. The van der Waals surface area contributed by atoms with Gasteiger partial charge in [0.05, 0.1) is 0 Å². The second-order valence-corrected chi connectivity index (χ2v) is 4.66. The average molecular weight is 286 g/mol. The molecular formula is C16H18N2O3. The number of carbonyl (C=O) groups is 2. The van der Waals surface area contributed by atoms with Crippen LogP contribution in [0.2, 0.25) is 0 Å². The average Bonchev–Trinajstić information content (AvgIpc) is 2.81. The lowest BCUT2D eigenvalue weighted by molar-refractivity contribution is -0.114. The number of nitrogens with two attached hydrogens (primary N) is 1. The first-order valence-corrected chi connectivity index (χ1v) is 6.73. The van der Waals surface area contributed by atoms with Crippen LogP contribution in [0.4, 0.5) is 0 Å². The number of hydrogen-bond donors (Lipinski definition) is 1. The maximum Gasteiger partial charge on any atom is 0.291 e. The van der Waals surface area contributed by atoms with Crippen molar-refractivity contribution in [3.05, 3.63) is 47.8 Å². The Morgan fingerprint density at radius 1 is 1.24 bits per heavy atom. The Labute approximate surface area is 123 Å². The third-order valence-electron chi connectivity index (χ3n) is 3.25. The standard InChI is InChI=1S/C16H18N2O3/c1-3-21-10-18-11(2)9-13(12-7-5-4-6-8-12)14(18)15(19)16(17)20/h4-9H,3,10H2,1-2H3,(H2,17,20). The fourth-order valence-electron chi connectivity index (χ4n) is 2.23. The van der Waals surface area contributed by atoms with E-state index in [1.165, 1.54) is 0 Å². The molecule has 2 aromatic rings. The Kier molecular flexibility index (Phi) is 4.55. The van der Waals surface area contributed by atoms with E-state index < -0.39 is 11.7 Å². The van der Waals surface area contributed by atoms with Gasteiger partial charge in [-0.25, -0.2) is 0 Å². The Morgan fingerprint density at radius 3 is 2.48 bits per heavy atom. The van der Waals surface area contributed by atoms with Gasteiger partial charge in [-0.3, -0.25) is 9.59 Å². The first-order valence-electron chi connectivity index (χ1n) is 6.73. The summed E-state index contributed by atoms with van der Waals surface area (Å²) in [4.78, 5) is 23.5. The number of ketones is 1. The van der Waals surface area contributed by atoms with E-state index in [2.05, 4.69) is 0 Å². The number of carbonyl (C=O) groups excluding carboxylic acids is 2. The van der Waals surface area contributed by atoms with Gasteiger partial charge >= 0.3 is 0 Å². The summed E-state index contributed by atoms with van der Waals surface area (Å²) in [7, 11) is 0. The number of benzene rings is 1. The molecule has 0 fully saturated rings. The van der Waals surface area contributed by atoms with Crippen molar-refractivity contribution in [2.75, 3.05) is 6.61 Å². The smallest absolute Gasteiger partial charge is 0.291 e. The van der Waals surface area contributed by atoms with E-state index in [4.69, 9.17) is 10.5 Å². The number of primary amides is 1. The minimum atomic E-state index is -0.969. The normalized spacial score (nSPS) is 10.6. The molecule has 1 heterocycles.